The van der Waals surface area contributed by atoms with Crippen molar-refractivity contribution in [3.63, 3.8) is 0 Å². The molecule has 2 heterocycles. The number of aromatic nitrogens is 1. The summed E-state index contributed by atoms with van der Waals surface area (Å²) in [6, 6.07) is 4.05. The van der Waals surface area contributed by atoms with E-state index in [0.717, 1.165) is 44.8 Å². The van der Waals surface area contributed by atoms with Crippen LogP contribution in [-0.2, 0) is 16.0 Å². The molecule has 1 fully saturated rings. The molecular formula is C16H22N2O2. The van der Waals surface area contributed by atoms with Gasteiger partial charge in [0, 0.05) is 19.3 Å². The molecule has 4 nitrogen and oxygen atoms in total. The van der Waals surface area contributed by atoms with Crippen molar-refractivity contribution >= 4 is 5.78 Å². The van der Waals surface area contributed by atoms with Gasteiger partial charge in [0.1, 0.15) is 0 Å². The van der Waals surface area contributed by atoms with Crippen LogP contribution in [0.5, 0.6) is 0 Å². The zero-order valence-electron chi connectivity index (χ0n) is 12.3. The van der Waals surface area contributed by atoms with E-state index in [0.29, 0.717) is 5.78 Å². The van der Waals surface area contributed by atoms with Crippen molar-refractivity contribution < 1.29 is 9.53 Å². The number of hydrogen-bond donors (Lipinski definition) is 0. The van der Waals surface area contributed by atoms with Crippen LogP contribution in [-0.4, -0.2) is 47.5 Å². The van der Waals surface area contributed by atoms with Crippen LogP contribution < -0.4 is 0 Å². The van der Waals surface area contributed by atoms with Gasteiger partial charge in [-0.3, -0.25) is 14.7 Å². The molecule has 0 amide bonds. The Labute approximate surface area is 120 Å². The Hall–Kier alpha value is -1.26. The van der Waals surface area contributed by atoms with Crippen molar-refractivity contribution in [2.45, 2.75) is 38.1 Å². The maximum atomic E-state index is 13.0. The summed E-state index contributed by atoms with van der Waals surface area (Å²) in [6.07, 6.45) is 3.67. The van der Waals surface area contributed by atoms with Gasteiger partial charge in [-0.15, -0.1) is 0 Å². The van der Waals surface area contributed by atoms with E-state index in [-0.39, 0.29) is 5.92 Å². The predicted octanol–water partition coefficient (Wildman–Crippen LogP) is 1.79. The van der Waals surface area contributed by atoms with E-state index in [1.165, 1.54) is 5.56 Å². The van der Waals surface area contributed by atoms with Crippen LogP contribution in [0.2, 0.25) is 0 Å². The molecule has 0 bridgehead atoms. The molecule has 0 spiro atoms. The summed E-state index contributed by atoms with van der Waals surface area (Å²) in [5, 5.41) is 0. The lowest BCUT2D eigenvalue weighted by Crippen LogP contribution is -2.55. The van der Waals surface area contributed by atoms with Crippen LogP contribution in [0.3, 0.4) is 0 Å². The van der Waals surface area contributed by atoms with E-state index in [2.05, 4.69) is 16.0 Å². The fourth-order valence-corrected chi connectivity index (χ4v) is 3.37. The molecule has 108 valence electrons. The average Bonchev–Trinajstić information content (AvgIpc) is 2.91. The number of ether oxygens (including phenoxy) is 1. The van der Waals surface area contributed by atoms with Gasteiger partial charge in [-0.1, -0.05) is 6.07 Å². The fraction of sp³-hybridized carbons (Fsp3) is 0.625. The Bertz CT molecular complexity index is 507. The Morgan fingerprint density at radius 2 is 2.15 bits per heavy atom. The first-order valence-corrected chi connectivity index (χ1v) is 7.41. The van der Waals surface area contributed by atoms with Gasteiger partial charge in [0.25, 0.3) is 0 Å². The van der Waals surface area contributed by atoms with Crippen molar-refractivity contribution in [2.75, 3.05) is 26.3 Å². The van der Waals surface area contributed by atoms with Gasteiger partial charge >= 0.3 is 0 Å². The highest BCUT2D eigenvalue weighted by Gasteiger charge is 2.42. The number of carbonyl (C=O) groups excluding carboxylic acids is 1. The third-order valence-corrected chi connectivity index (χ3v) is 4.68. The Morgan fingerprint density at radius 1 is 1.40 bits per heavy atom. The number of fused-ring (bicyclic) bond motifs is 1. The summed E-state index contributed by atoms with van der Waals surface area (Å²) in [7, 11) is 0. The SMILES string of the molecule is CC(C)(C(=O)C1CCc2cccnc21)N1CCOCC1. The highest BCUT2D eigenvalue weighted by atomic mass is 16.5. The predicted molar refractivity (Wildman–Crippen MR) is 76.8 cm³/mol. The molecule has 1 unspecified atom stereocenters. The largest absolute Gasteiger partial charge is 0.379 e. The van der Waals surface area contributed by atoms with E-state index in [9.17, 15) is 4.79 Å². The van der Waals surface area contributed by atoms with Gasteiger partial charge < -0.3 is 4.74 Å². The first kappa shape index (κ1) is 13.7. The molecule has 4 heteroatoms. The summed E-state index contributed by atoms with van der Waals surface area (Å²) in [5.74, 6) is 0.265. The monoisotopic (exact) mass is 274 g/mol. The molecule has 20 heavy (non-hydrogen) atoms. The summed E-state index contributed by atoms with van der Waals surface area (Å²) >= 11 is 0. The lowest BCUT2D eigenvalue weighted by molar-refractivity contribution is -0.133. The molecule has 1 aliphatic heterocycles. The number of Topliss-reactive ketones (excluding diaryl/α,β-unsaturated/α-hetero) is 1. The normalized spacial score (nSPS) is 23.6. The van der Waals surface area contributed by atoms with E-state index in [4.69, 9.17) is 4.74 Å². The number of carbonyl (C=O) groups is 1. The van der Waals surface area contributed by atoms with E-state index in [1.54, 1.807) is 6.20 Å². The number of rotatable bonds is 3. The van der Waals surface area contributed by atoms with Crippen LogP contribution in [0.4, 0.5) is 0 Å². The molecule has 1 aliphatic carbocycles. The molecule has 1 atom stereocenters. The first-order valence-electron chi connectivity index (χ1n) is 7.41. The number of pyridine rings is 1. The Balaban J connectivity index is 1.82. The maximum absolute atomic E-state index is 13.0. The second-order valence-corrected chi connectivity index (χ2v) is 6.16. The maximum Gasteiger partial charge on any atom is 0.161 e. The summed E-state index contributed by atoms with van der Waals surface area (Å²) in [4.78, 5) is 19.7. The fourth-order valence-electron chi connectivity index (χ4n) is 3.37. The van der Waals surface area contributed by atoms with Crippen LogP contribution in [0.25, 0.3) is 0 Å². The van der Waals surface area contributed by atoms with Gasteiger partial charge in [-0.05, 0) is 38.3 Å². The molecule has 0 saturated carbocycles. The molecule has 1 saturated heterocycles. The molecule has 3 rings (SSSR count). The van der Waals surface area contributed by atoms with Crippen molar-refractivity contribution in [3.8, 4) is 0 Å². The minimum absolute atomic E-state index is 0.0379. The summed E-state index contributed by atoms with van der Waals surface area (Å²) < 4.78 is 5.39. The summed E-state index contributed by atoms with van der Waals surface area (Å²) in [6.45, 7) is 7.19. The zero-order chi connectivity index (χ0) is 14.2. The molecular weight excluding hydrogens is 252 g/mol. The van der Waals surface area contributed by atoms with Crippen LogP contribution in [0, 0.1) is 0 Å². The summed E-state index contributed by atoms with van der Waals surface area (Å²) in [5.41, 5.74) is 1.80. The number of aryl methyl sites for hydroxylation is 1. The second kappa shape index (κ2) is 5.26. The lowest BCUT2D eigenvalue weighted by Gasteiger charge is -2.40. The average molecular weight is 274 g/mol. The Morgan fingerprint density at radius 3 is 2.90 bits per heavy atom. The topological polar surface area (TPSA) is 42.4 Å². The van der Waals surface area contributed by atoms with E-state index < -0.39 is 5.54 Å². The minimum Gasteiger partial charge on any atom is -0.379 e. The van der Waals surface area contributed by atoms with Crippen molar-refractivity contribution in [1.82, 2.24) is 9.88 Å². The zero-order valence-corrected chi connectivity index (χ0v) is 12.3. The molecule has 1 aromatic rings. The number of hydrogen-bond acceptors (Lipinski definition) is 4. The van der Waals surface area contributed by atoms with Crippen molar-refractivity contribution in [1.29, 1.82) is 0 Å². The van der Waals surface area contributed by atoms with Crippen LogP contribution in [0.1, 0.15) is 37.4 Å². The molecule has 0 aromatic carbocycles. The van der Waals surface area contributed by atoms with Gasteiger partial charge in [0.2, 0.25) is 0 Å². The second-order valence-electron chi connectivity index (χ2n) is 6.16. The number of morpholine rings is 1. The lowest BCUT2D eigenvalue weighted by atomic mass is 9.85. The minimum atomic E-state index is -0.437. The number of ketones is 1. The Kier molecular flexibility index (Phi) is 3.61. The van der Waals surface area contributed by atoms with E-state index in [1.807, 2.05) is 19.9 Å². The molecule has 1 aromatic heterocycles. The van der Waals surface area contributed by atoms with Crippen molar-refractivity contribution in [2.24, 2.45) is 0 Å². The smallest absolute Gasteiger partial charge is 0.161 e. The third kappa shape index (κ3) is 2.27. The standard InChI is InChI=1S/C16H22N2O2/c1-16(2,18-8-10-20-11-9-18)15(19)13-6-5-12-4-3-7-17-14(12)13/h3-4,7,13H,5-6,8-11H2,1-2H3. The van der Waals surface area contributed by atoms with Crippen LogP contribution >= 0.6 is 0 Å². The quantitative estimate of drug-likeness (QED) is 0.843. The molecule has 2 aliphatic rings. The first-order chi connectivity index (χ1) is 9.60. The van der Waals surface area contributed by atoms with Gasteiger partial charge in [0.05, 0.1) is 30.4 Å². The third-order valence-electron chi connectivity index (χ3n) is 4.68. The van der Waals surface area contributed by atoms with Crippen molar-refractivity contribution in [3.05, 3.63) is 29.6 Å². The number of nitrogens with zero attached hydrogens (tertiary/aromatic N) is 2. The van der Waals surface area contributed by atoms with Gasteiger partial charge in [-0.25, -0.2) is 0 Å². The van der Waals surface area contributed by atoms with Crippen LogP contribution in [0.15, 0.2) is 18.3 Å². The van der Waals surface area contributed by atoms with Gasteiger partial charge in [-0.2, -0.15) is 0 Å². The molecule has 0 radical (unpaired) electrons. The van der Waals surface area contributed by atoms with E-state index >= 15 is 0 Å². The highest BCUT2D eigenvalue weighted by Crippen LogP contribution is 2.36. The van der Waals surface area contributed by atoms with Gasteiger partial charge in [0.15, 0.2) is 5.78 Å². The highest BCUT2D eigenvalue weighted by molar-refractivity contribution is 5.94. The molecule has 0 N–H and O–H groups in total.